The first-order valence-electron chi connectivity index (χ1n) is 5.09. The Bertz CT molecular complexity index is 301. The van der Waals surface area contributed by atoms with E-state index >= 15 is 0 Å². The Hall–Kier alpha value is -0.760. The lowest BCUT2D eigenvalue weighted by Crippen LogP contribution is -2.20. The molecule has 1 unspecified atom stereocenters. The molecule has 0 spiro atoms. The Morgan fingerprint density at radius 3 is 2.64 bits per heavy atom. The Morgan fingerprint density at radius 2 is 2.00 bits per heavy atom. The molecule has 0 amide bonds. The van der Waals surface area contributed by atoms with Crippen LogP contribution in [0, 0.1) is 0 Å². The van der Waals surface area contributed by atoms with Crippen molar-refractivity contribution in [1.82, 2.24) is 0 Å². The summed E-state index contributed by atoms with van der Waals surface area (Å²) in [5.74, 6) is 1.46. The minimum atomic E-state index is 0.214. The van der Waals surface area contributed by atoms with Crippen molar-refractivity contribution >= 4 is 17.5 Å². The van der Waals surface area contributed by atoms with E-state index in [0.29, 0.717) is 5.78 Å². The van der Waals surface area contributed by atoms with Crippen molar-refractivity contribution in [2.24, 2.45) is 0 Å². The van der Waals surface area contributed by atoms with Crippen LogP contribution in [0.1, 0.15) is 29.6 Å². The van der Waals surface area contributed by atoms with Crippen molar-refractivity contribution in [3.8, 4) is 0 Å². The lowest BCUT2D eigenvalue weighted by Gasteiger charge is -2.19. The van der Waals surface area contributed by atoms with Crippen LogP contribution in [0.25, 0.3) is 0 Å². The standard InChI is InChI=1S/C12H14OS/c13-12(10-6-2-1-3-7-10)11-8-4-5-9-14-11/h1-3,6-7,11H,4-5,8-9H2. The lowest BCUT2D eigenvalue weighted by atomic mass is 10.0. The number of hydrogen-bond acceptors (Lipinski definition) is 2. The highest BCUT2D eigenvalue weighted by molar-refractivity contribution is 8.00. The maximum Gasteiger partial charge on any atom is 0.175 e. The molecule has 1 aliphatic rings. The Labute approximate surface area is 88.9 Å². The van der Waals surface area contributed by atoms with Gasteiger partial charge in [0, 0.05) is 5.56 Å². The number of Topliss-reactive ketones (excluding diaryl/α,β-unsaturated/α-hetero) is 1. The first-order valence-corrected chi connectivity index (χ1v) is 6.13. The monoisotopic (exact) mass is 206 g/mol. The van der Waals surface area contributed by atoms with Crippen molar-refractivity contribution in [3.63, 3.8) is 0 Å². The van der Waals surface area contributed by atoms with Gasteiger partial charge in [-0.25, -0.2) is 0 Å². The summed E-state index contributed by atoms with van der Waals surface area (Å²) in [7, 11) is 0. The van der Waals surface area contributed by atoms with Crippen LogP contribution in [-0.2, 0) is 0 Å². The van der Waals surface area contributed by atoms with Gasteiger partial charge in [-0.3, -0.25) is 4.79 Å². The Kier molecular flexibility index (Phi) is 3.25. The summed E-state index contributed by atoms with van der Waals surface area (Å²) < 4.78 is 0. The van der Waals surface area contributed by atoms with Gasteiger partial charge in [-0.15, -0.1) is 0 Å². The fourth-order valence-corrected chi connectivity index (χ4v) is 3.01. The van der Waals surface area contributed by atoms with Crippen LogP contribution in [-0.4, -0.2) is 16.8 Å². The number of thioether (sulfide) groups is 1. The van der Waals surface area contributed by atoms with E-state index < -0.39 is 0 Å². The zero-order chi connectivity index (χ0) is 9.80. The molecule has 2 heteroatoms. The number of ketones is 1. The topological polar surface area (TPSA) is 17.1 Å². The van der Waals surface area contributed by atoms with Gasteiger partial charge >= 0.3 is 0 Å². The van der Waals surface area contributed by atoms with Gasteiger partial charge in [0.15, 0.2) is 5.78 Å². The maximum atomic E-state index is 12.0. The normalized spacial score (nSPS) is 21.9. The third-order valence-corrected chi connectivity index (χ3v) is 3.91. The summed E-state index contributed by atoms with van der Waals surface area (Å²) in [5, 5.41) is 0.214. The molecular formula is C12H14OS. The fourth-order valence-electron chi connectivity index (χ4n) is 1.74. The third-order valence-electron chi connectivity index (χ3n) is 2.53. The molecule has 2 rings (SSSR count). The van der Waals surface area contributed by atoms with Crippen LogP contribution in [0.15, 0.2) is 30.3 Å². The first kappa shape index (κ1) is 9.78. The number of carbonyl (C=O) groups is 1. The molecule has 0 aromatic heterocycles. The molecule has 1 fully saturated rings. The third kappa shape index (κ3) is 2.18. The van der Waals surface area contributed by atoms with Crippen molar-refractivity contribution in [2.75, 3.05) is 5.75 Å². The minimum absolute atomic E-state index is 0.214. The largest absolute Gasteiger partial charge is 0.293 e. The molecule has 0 bridgehead atoms. The number of rotatable bonds is 2. The number of carbonyl (C=O) groups excluding carboxylic acids is 1. The van der Waals surface area contributed by atoms with E-state index in [2.05, 4.69) is 0 Å². The smallest absolute Gasteiger partial charge is 0.175 e. The van der Waals surface area contributed by atoms with Crippen molar-refractivity contribution < 1.29 is 4.79 Å². The molecule has 1 aromatic rings. The van der Waals surface area contributed by atoms with Crippen LogP contribution in [0.2, 0.25) is 0 Å². The second kappa shape index (κ2) is 4.65. The Morgan fingerprint density at radius 1 is 1.21 bits per heavy atom. The SMILES string of the molecule is O=C(c1ccccc1)C1CCCCS1. The highest BCUT2D eigenvalue weighted by Gasteiger charge is 2.22. The minimum Gasteiger partial charge on any atom is -0.293 e. The van der Waals surface area contributed by atoms with E-state index in [0.717, 1.165) is 17.7 Å². The van der Waals surface area contributed by atoms with Crippen LogP contribution in [0.5, 0.6) is 0 Å². The molecule has 1 aliphatic heterocycles. The Balaban J connectivity index is 2.07. The molecule has 14 heavy (non-hydrogen) atoms. The molecule has 1 atom stereocenters. The molecule has 0 aliphatic carbocycles. The van der Waals surface area contributed by atoms with E-state index in [4.69, 9.17) is 0 Å². The van der Waals surface area contributed by atoms with Gasteiger partial charge in [0.1, 0.15) is 0 Å². The molecule has 0 radical (unpaired) electrons. The summed E-state index contributed by atoms with van der Waals surface area (Å²) in [4.78, 5) is 12.0. The van der Waals surface area contributed by atoms with Gasteiger partial charge < -0.3 is 0 Å². The zero-order valence-corrected chi connectivity index (χ0v) is 8.93. The predicted molar refractivity (Wildman–Crippen MR) is 60.9 cm³/mol. The van der Waals surface area contributed by atoms with Crippen LogP contribution < -0.4 is 0 Å². The van der Waals surface area contributed by atoms with Gasteiger partial charge in [-0.2, -0.15) is 11.8 Å². The quantitative estimate of drug-likeness (QED) is 0.691. The molecule has 1 heterocycles. The molecule has 0 saturated carbocycles. The maximum absolute atomic E-state index is 12.0. The molecule has 1 aromatic carbocycles. The van der Waals surface area contributed by atoms with Crippen molar-refractivity contribution in [3.05, 3.63) is 35.9 Å². The highest BCUT2D eigenvalue weighted by atomic mass is 32.2. The van der Waals surface area contributed by atoms with Gasteiger partial charge in [-0.1, -0.05) is 36.8 Å². The first-order chi connectivity index (χ1) is 6.88. The van der Waals surface area contributed by atoms with Crippen molar-refractivity contribution in [1.29, 1.82) is 0 Å². The zero-order valence-electron chi connectivity index (χ0n) is 8.11. The summed E-state index contributed by atoms with van der Waals surface area (Å²) in [6.45, 7) is 0. The molecule has 1 nitrogen and oxygen atoms in total. The summed E-state index contributed by atoms with van der Waals surface area (Å²) in [5.41, 5.74) is 0.868. The van der Waals surface area contributed by atoms with E-state index in [-0.39, 0.29) is 5.25 Å². The second-order valence-electron chi connectivity index (χ2n) is 3.59. The van der Waals surface area contributed by atoms with Gasteiger partial charge in [0.25, 0.3) is 0 Å². The second-order valence-corrected chi connectivity index (χ2v) is 4.90. The lowest BCUT2D eigenvalue weighted by molar-refractivity contribution is 0.0985. The van der Waals surface area contributed by atoms with Gasteiger partial charge in [-0.05, 0) is 18.6 Å². The van der Waals surface area contributed by atoms with Gasteiger partial charge in [0.2, 0.25) is 0 Å². The number of benzene rings is 1. The van der Waals surface area contributed by atoms with E-state index in [1.54, 1.807) is 0 Å². The fraction of sp³-hybridized carbons (Fsp3) is 0.417. The summed E-state index contributed by atoms with van der Waals surface area (Å²) in [6.07, 6.45) is 3.53. The van der Waals surface area contributed by atoms with Gasteiger partial charge in [0.05, 0.1) is 5.25 Å². The highest BCUT2D eigenvalue weighted by Crippen LogP contribution is 2.27. The molecule has 1 saturated heterocycles. The molecule has 0 N–H and O–H groups in total. The number of hydrogen-bond donors (Lipinski definition) is 0. The van der Waals surface area contributed by atoms with E-state index in [1.807, 2.05) is 42.1 Å². The van der Waals surface area contributed by atoms with Crippen molar-refractivity contribution in [2.45, 2.75) is 24.5 Å². The van der Waals surface area contributed by atoms with Crippen LogP contribution in [0.4, 0.5) is 0 Å². The molecular weight excluding hydrogens is 192 g/mol. The van der Waals surface area contributed by atoms with E-state index in [9.17, 15) is 4.79 Å². The van der Waals surface area contributed by atoms with Crippen LogP contribution in [0.3, 0.4) is 0 Å². The summed E-state index contributed by atoms with van der Waals surface area (Å²) >= 11 is 1.82. The van der Waals surface area contributed by atoms with E-state index in [1.165, 1.54) is 12.8 Å². The van der Waals surface area contributed by atoms with Crippen LogP contribution >= 0.6 is 11.8 Å². The predicted octanol–water partition coefficient (Wildman–Crippen LogP) is 3.16. The molecule has 74 valence electrons. The summed E-state index contributed by atoms with van der Waals surface area (Å²) in [6, 6.07) is 9.64. The average molecular weight is 206 g/mol. The average Bonchev–Trinajstić information content (AvgIpc) is 2.30.